The minimum absolute atomic E-state index is 0.235. The van der Waals surface area contributed by atoms with Crippen LogP contribution in [0.2, 0.25) is 0 Å². The predicted molar refractivity (Wildman–Crippen MR) is 127 cm³/mol. The van der Waals surface area contributed by atoms with E-state index >= 15 is 0 Å². The molecule has 1 amide bonds. The number of ether oxygens (including phenoxy) is 1. The van der Waals surface area contributed by atoms with E-state index in [1.807, 2.05) is 72.8 Å². The summed E-state index contributed by atoms with van der Waals surface area (Å²) in [6.45, 7) is 0.629. The average Bonchev–Trinajstić information content (AvgIpc) is 2.77. The minimum Gasteiger partial charge on any atom is -0.494 e. The van der Waals surface area contributed by atoms with E-state index in [0.717, 1.165) is 29.8 Å². The molecular formula is C25H24N2O2S. The zero-order valence-electron chi connectivity index (χ0n) is 16.6. The summed E-state index contributed by atoms with van der Waals surface area (Å²) < 4.78 is 5.84. The Balaban J connectivity index is 1.43. The van der Waals surface area contributed by atoms with Crippen LogP contribution in [0.3, 0.4) is 0 Å². The van der Waals surface area contributed by atoms with E-state index in [2.05, 4.69) is 22.8 Å². The average molecular weight is 417 g/mol. The molecule has 3 aromatic rings. The SMILES string of the molecule is O=C(/C=C/c1ccccc1)NC(=S)Nc1cccc(OCCCc2ccccc2)c1. The number of carbonyl (C=O) groups excluding carboxylic acids is 1. The van der Waals surface area contributed by atoms with E-state index < -0.39 is 0 Å². The summed E-state index contributed by atoms with van der Waals surface area (Å²) in [4.78, 5) is 12.0. The van der Waals surface area contributed by atoms with Crippen LogP contribution in [0.1, 0.15) is 17.5 Å². The molecule has 2 N–H and O–H groups in total. The molecule has 0 fully saturated rings. The smallest absolute Gasteiger partial charge is 0.250 e. The van der Waals surface area contributed by atoms with Crippen LogP contribution < -0.4 is 15.4 Å². The second-order valence-electron chi connectivity index (χ2n) is 6.65. The van der Waals surface area contributed by atoms with Gasteiger partial charge in [-0.3, -0.25) is 10.1 Å². The highest BCUT2D eigenvalue weighted by atomic mass is 32.1. The van der Waals surface area contributed by atoms with Crippen molar-refractivity contribution in [2.24, 2.45) is 0 Å². The standard InChI is InChI=1S/C25H24N2O2S/c28-24(17-16-21-11-5-2-6-12-21)27-25(30)26-22-14-7-15-23(19-22)29-18-8-13-20-9-3-1-4-10-20/h1-7,9-12,14-17,19H,8,13,18H2,(H2,26,27,28,30)/b17-16+. The number of nitrogens with one attached hydrogen (secondary N) is 2. The van der Waals surface area contributed by atoms with E-state index in [0.29, 0.717) is 6.61 Å². The van der Waals surface area contributed by atoms with Gasteiger partial charge < -0.3 is 10.1 Å². The lowest BCUT2D eigenvalue weighted by atomic mass is 10.1. The molecule has 0 unspecified atom stereocenters. The molecule has 3 aromatic carbocycles. The molecule has 0 saturated carbocycles. The molecule has 0 atom stereocenters. The normalized spacial score (nSPS) is 10.5. The fraction of sp³-hybridized carbons (Fsp3) is 0.120. The van der Waals surface area contributed by atoms with Gasteiger partial charge in [-0.25, -0.2) is 0 Å². The Hall–Kier alpha value is -3.44. The van der Waals surface area contributed by atoms with Crippen molar-refractivity contribution in [2.45, 2.75) is 12.8 Å². The van der Waals surface area contributed by atoms with Gasteiger partial charge in [0.25, 0.3) is 0 Å². The van der Waals surface area contributed by atoms with Crippen molar-refractivity contribution >= 4 is 35.0 Å². The van der Waals surface area contributed by atoms with E-state index in [1.165, 1.54) is 11.6 Å². The Labute approximate surface area is 182 Å². The highest BCUT2D eigenvalue weighted by Crippen LogP contribution is 2.17. The van der Waals surface area contributed by atoms with Crippen molar-refractivity contribution in [2.75, 3.05) is 11.9 Å². The molecule has 0 aliphatic heterocycles. The summed E-state index contributed by atoms with van der Waals surface area (Å²) in [6, 6.07) is 27.5. The highest BCUT2D eigenvalue weighted by molar-refractivity contribution is 7.80. The Morgan fingerprint density at radius 3 is 2.43 bits per heavy atom. The number of carbonyl (C=O) groups is 1. The molecule has 30 heavy (non-hydrogen) atoms. The van der Waals surface area contributed by atoms with Crippen LogP contribution in [0.15, 0.2) is 91.0 Å². The lowest BCUT2D eigenvalue weighted by molar-refractivity contribution is -0.115. The fourth-order valence-electron chi connectivity index (χ4n) is 2.83. The first kappa shape index (κ1) is 21.3. The molecule has 0 spiro atoms. The molecule has 0 radical (unpaired) electrons. The monoisotopic (exact) mass is 416 g/mol. The summed E-state index contributed by atoms with van der Waals surface area (Å²) >= 11 is 5.23. The lowest BCUT2D eigenvalue weighted by Gasteiger charge is -2.11. The quantitative estimate of drug-likeness (QED) is 0.300. The molecule has 0 aromatic heterocycles. The van der Waals surface area contributed by atoms with Gasteiger partial charge in [0.2, 0.25) is 5.91 Å². The molecule has 0 saturated heterocycles. The summed E-state index contributed by atoms with van der Waals surface area (Å²) in [6.07, 6.45) is 5.10. The van der Waals surface area contributed by atoms with Gasteiger partial charge in [0.1, 0.15) is 5.75 Å². The largest absolute Gasteiger partial charge is 0.494 e. The highest BCUT2D eigenvalue weighted by Gasteiger charge is 2.03. The van der Waals surface area contributed by atoms with Gasteiger partial charge in [-0.15, -0.1) is 0 Å². The third kappa shape index (κ3) is 7.53. The molecule has 152 valence electrons. The number of hydrogen-bond acceptors (Lipinski definition) is 3. The predicted octanol–water partition coefficient (Wildman–Crippen LogP) is 5.22. The van der Waals surface area contributed by atoms with Gasteiger partial charge in [0.15, 0.2) is 5.11 Å². The van der Waals surface area contributed by atoms with Crippen LogP contribution in [0.4, 0.5) is 5.69 Å². The number of rotatable bonds is 8. The van der Waals surface area contributed by atoms with E-state index in [1.54, 1.807) is 6.08 Å². The number of thiocarbonyl (C=S) groups is 1. The zero-order chi connectivity index (χ0) is 21.0. The molecule has 5 heteroatoms. The van der Waals surface area contributed by atoms with Gasteiger partial charge in [0, 0.05) is 17.8 Å². The molecule has 0 aliphatic rings. The number of benzene rings is 3. The van der Waals surface area contributed by atoms with Gasteiger partial charge in [-0.1, -0.05) is 66.7 Å². The Morgan fingerprint density at radius 1 is 0.933 bits per heavy atom. The van der Waals surface area contributed by atoms with Crippen LogP contribution in [-0.4, -0.2) is 17.6 Å². The van der Waals surface area contributed by atoms with Crippen molar-refractivity contribution < 1.29 is 9.53 Å². The number of hydrogen-bond donors (Lipinski definition) is 2. The summed E-state index contributed by atoms with van der Waals surface area (Å²) in [7, 11) is 0. The number of aryl methyl sites for hydroxylation is 1. The van der Waals surface area contributed by atoms with Crippen LogP contribution in [0.5, 0.6) is 5.75 Å². The maximum atomic E-state index is 12.0. The maximum absolute atomic E-state index is 12.0. The summed E-state index contributed by atoms with van der Waals surface area (Å²) in [5.74, 6) is 0.468. The fourth-order valence-corrected chi connectivity index (χ4v) is 3.05. The van der Waals surface area contributed by atoms with Crippen molar-refractivity contribution in [3.8, 4) is 5.75 Å². The van der Waals surface area contributed by atoms with E-state index in [9.17, 15) is 4.79 Å². The first-order chi connectivity index (χ1) is 14.7. The number of anilines is 1. The molecule has 3 rings (SSSR count). The second kappa shape index (κ2) is 11.5. The van der Waals surface area contributed by atoms with Gasteiger partial charge in [0.05, 0.1) is 6.61 Å². The lowest BCUT2D eigenvalue weighted by Crippen LogP contribution is -2.32. The Morgan fingerprint density at radius 2 is 1.67 bits per heavy atom. The summed E-state index contributed by atoms with van der Waals surface area (Å²) in [5.41, 5.74) is 3.01. The summed E-state index contributed by atoms with van der Waals surface area (Å²) in [5, 5.41) is 5.89. The van der Waals surface area contributed by atoms with Crippen molar-refractivity contribution in [1.82, 2.24) is 5.32 Å². The Kier molecular flexibility index (Phi) is 8.18. The van der Waals surface area contributed by atoms with Gasteiger partial charge >= 0.3 is 0 Å². The first-order valence-electron chi connectivity index (χ1n) is 9.81. The van der Waals surface area contributed by atoms with Crippen LogP contribution >= 0.6 is 12.2 Å². The van der Waals surface area contributed by atoms with E-state index in [-0.39, 0.29) is 11.0 Å². The number of amides is 1. The topological polar surface area (TPSA) is 50.4 Å². The zero-order valence-corrected chi connectivity index (χ0v) is 17.4. The molecule has 4 nitrogen and oxygen atoms in total. The first-order valence-corrected chi connectivity index (χ1v) is 10.2. The van der Waals surface area contributed by atoms with Gasteiger partial charge in [-0.2, -0.15) is 0 Å². The molecule has 0 aliphatic carbocycles. The molecule has 0 heterocycles. The molecule has 0 bridgehead atoms. The van der Waals surface area contributed by atoms with Crippen molar-refractivity contribution in [3.63, 3.8) is 0 Å². The Bertz CT molecular complexity index is 988. The third-order valence-electron chi connectivity index (χ3n) is 4.28. The van der Waals surface area contributed by atoms with Crippen molar-refractivity contribution in [3.05, 3.63) is 102 Å². The van der Waals surface area contributed by atoms with E-state index in [4.69, 9.17) is 17.0 Å². The van der Waals surface area contributed by atoms with Crippen LogP contribution in [-0.2, 0) is 11.2 Å². The third-order valence-corrected chi connectivity index (χ3v) is 4.48. The van der Waals surface area contributed by atoms with Gasteiger partial charge in [-0.05, 0) is 54.4 Å². The van der Waals surface area contributed by atoms with Crippen LogP contribution in [0.25, 0.3) is 6.08 Å². The van der Waals surface area contributed by atoms with Crippen LogP contribution in [0, 0.1) is 0 Å². The minimum atomic E-state index is -0.287. The van der Waals surface area contributed by atoms with Crippen molar-refractivity contribution in [1.29, 1.82) is 0 Å². The maximum Gasteiger partial charge on any atom is 0.250 e. The second-order valence-corrected chi connectivity index (χ2v) is 7.06. The molecular weight excluding hydrogens is 392 g/mol.